The first kappa shape index (κ1) is 21.2. The molecule has 0 aliphatic rings. The number of hydrogen-bond acceptors (Lipinski definition) is 4. The van der Waals surface area contributed by atoms with Gasteiger partial charge in [-0.2, -0.15) is 0 Å². The van der Waals surface area contributed by atoms with Crippen LogP contribution in [0.2, 0.25) is 0 Å². The van der Waals surface area contributed by atoms with Gasteiger partial charge in [0.2, 0.25) is 5.91 Å². The van der Waals surface area contributed by atoms with Crippen molar-refractivity contribution in [2.24, 2.45) is 0 Å². The maximum absolute atomic E-state index is 12.4. The van der Waals surface area contributed by atoms with Crippen molar-refractivity contribution >= 4 is 23.4 Å². The molecule has 4 nitrogen and oxygen atoms in total. The maximum Gasteiger partial charge on any atom is 0.234 e. The summed E-state index contributed by atoms with van der Waals surface area (Å²) in [7, 11) is 3.26. The molecule has 0 radical (unpaired) electrons. The quantitative estimate of drug-likeness (QED) is 0.626. The molecule has 0 saturated carbocycles. The summed E-state index contributed by atoms with van der Waals surface area (Å²) in [6, 6.07) is 12.0. The van der Waals surface area contributed by atoms with Gasteiger partial charge in [-0.15, -0.1) is 11.8 Å². The largest absolute Gasteiger partial charge is 0.493 e. The third-order valence-corrected chi connectivity index (χ3v) is 5.69. The molecule has 0 heterocycles. The maximum atomic E-state index is 12.4. The van der Waals surface area contributed by atoms with Gasteiger partial charge in [0, 0.05) is 11.4 Å². The zero-order chi connectivity index (χ0) is 19.8. The number of aryl methyl sites for hydroxylation is 1. The average Bonchev–Trinajstić information content (AvgIpc) is 2.68. The van der Waals surface area contributed by atoms with Crippen LogP contribution in [0.5, 0.6) is 11.5 Å². The second kappa shape index (κ2) is 10.3. The van der Waals surface area contributed by atoms with Crippen LogP contribution in [0.4, 0.5) is 5.69 Å². The molecule has 1 amide bonds. The van der Waals surface area contributed by atoms with Gasteiger partial charge in [-0.25, -0.2) is 0 Å². The normalized spacial score (nSPS) is 11.7. The Kier molecular flexibility index (Phi) is 8.04. The van der Waals surface area contributed by atoms with Crippen molar-refractivity contribution in [1.29, 1.82) is 0 Å². The molecule has 0 unspecified atom stereocenters. The fourth-order valence-corrected chi connectivity index (χ4v) is 3.77. The Balaban J connectivity index is 1.96. The Hall–Kier alpha value is -2.14. The molecule has 0 spiro atoms. The van der Waals surface area contributed by atoms with Crippen LogP contribution in [-0.2, 0) is 10.5 Å². The number of thioether (sulfide) groups is 1. The Morgan fingerprint density at radius 1 is 1.15 bits per heavy atom. The van der Waals surface area contributed by atoms with E-state index < -0.39 is 0 Å². The summed E-state index contributed by atoms with van der Waals surface area (Å²) < 4.78 is 10.7. The van der Waals surface area contributed by atoms with Gasteiger partial charge in [0.1, 0.15) is 0 Å². The first-order chi connectivity index (χ1) is 13.0. The van der Waals surface area contributed by atoms with Gasteiger partial charge >= 0.3 is 0 Å². The van der Waals surface area contributed by atoms with Crippen molar-refractivity contribution in [2.45, 2.75) is 38.9 Å². The Morgan fingerprint density at radius 2 is 1.81 bits per heavy atom. The van der Waals surface area contributed by atoms with Crippen LogP contribution in [0, 0.1) is 6.92 Å². The highest BCUT2D eigenvalue weighted by Crippen LogP contribution is 2.32. The molecule has 1 N–H and O–H groups in total. The van der Waals surface area contributed by atoms with Gasteiger partial charge in [-0.05, 0) is 54.2 Å². The second-order valence-corrected chi connectivity index (χ2v) is 7.56. The van der Waals surface area contributed by atoms with Crippen LogP contribution >= 0.6 is 11.8 Å². The summed E-state index contributed by atoms with van der Waals surface area (Å²) in [5.41, 5.74) is 4.38. The Labute approximate surface area is 166 Å². The van der Waals surface area contributed by atoms with E-state index in [1.807, 2.05) is 37.3 Å². The van der Waals surface area contributed by atoms with Crippen LogP contribution in [0.3, 0.4) is 0 Å². The number of methoxy groups -OCH3 is 2. The number of para-hydroxylation sites is 1. The standard InChI is InChI=1S/C22H29NO3S/c1-6-15(2)18-9-7-8-10-19(18)23-22(24)14-27-13-17-12-21(26-5)20(25-4)11-16(17)3/h7-12,15H,6,13-14H2,1-5H3,(H,23,24)/t15-/m0/s1. The molecule has 146 valence electrons. The van der Waals surface area contributed by atoms with E-state index >= 15 is 0 Å². The zero-order valence-electron chi connectivity index (χ0n) is 16.8. The lowest BCUT2D eigenvalue weighted by molar-refractivity contribution is -0.113. The minimum Gasteiger partial charge on any atom is -0.493 e. The van der Waals surface area contributed by atoms with Crippen molar-refractivity contribution in [3.63, 3.8) is 0 Å². The Morgan fingerprint density at radius 3 is 2.48 bits per heavy atom. The first-order valence-corrected chi connectivity index (χ1v) is 10.3. The van der Waals surface area contributed by atoms with Crippen LogP contribution in [0.25, 0.3) is 0 Å². The van der Waals surface area contributed by atoms with Crippen LogP contribution in [0.1, 0.15) is 42.9 Å². The van der Waals surface area contributed by atoms with E-state index in [4.69, 9.17) is 9.47 Å². The fraction of sp³-hybridized carbons (Fsp3) is 0.409. The van der Waals surface area contributed by atoms with Crippen molar-refractivity contribution in [3.8, 4) is 11.5 Å². The molecule has 0 fully saturated rings. The molecule has 2 aromatic carbocycles. The lowest BCUT2D eigenvalue weighted by atomic mass is 9.97. The number of rotatable bonds is 9. The minimum absolute atomic E-state index is 0.0221. The van der Waals surface area contributed by atoms with Crippen molar-refractivity contribution in [1.82, 2.24) is 0 Å². The molecule has 5 heteroatoms. The summed E-state index contributed by atoms with van der Waals surface area (Å²) in [4.78, 5) is 12.4. The minimum atomic E-state index is 0.0221. The number of amides is 1. The van der Waals surface area contributed by atoms with Crippen LogP contribution < -0.4 is 14.8 Å². The fourth-order valence-electron chi connectivity index (χ4n) is 2.88. The van der Waals surface area contributed by atoms with E-state index in [1.165, 1.54) is 5.56 Å². The third kappa shape index (κ3) is 5.67. The molecule has 0 saturated heterocycles. The molecule has 0 aliphatic heterocycles. The summed E-state index contributed by atoms with van der Waals surface area (Å²) in [6.07, 6.45) is 1.04. The summed E-state index contributed by atoms with van der Waals surface area (Å²) in [5.74, 6) is 3.03. The molecule has 0 aliphatic carbocycles. The summed E-state index contributed by atoms with van der Waals surface area (Å²) in [5, 5.41) is 3.06. The highest BCUT2D eigenvalue weighted by Gasteiger charge is 2.12. The SMILES string of the molecule is CC[C@H](C)c1ccccc1NC(=O)CSCc1cc(OC)c(OC)cc1C. The van der Waals surface area contributed by atoms with Gasteiger partial charge < -0.3 is 14.8 Å². The lowest BCUT2D eigenvalue weighted by Gasteiger charge is -2.16. The third-order valence-electron chi connectivity index (χ3n) is 4.71. The molecule has 1 atom stereocenters. The number of ether oxygens (including phenoxy) is 2. The van der Waals surface area contributed by atoms with E-state index in [2.05, 4.69) is 25.2 Å². The van der Waals surface area contributed by atoms with Crippen LogP contribution in [-0.4, -0.2) is 25.9 Å². The number of benzene rings is 2. The number of carbonyl (C=O) groups excluding carboxylic acids is 1. The van der Waals surface area contributed by atoms with Crippen LogP contribution in [0.15, 0.2) is 36.4 Å². The molecule has 0 aromatic heterocycles. The van der Waals surface area contributed by atoms with E-state index in [9.17, 15) is 4.79 Å². The summed E-state index contributed by atoms with van der Waals surface area (Å²) in [6.45, 7) is 6.38. The number of nitrogens with one attached hydrogen (secondary N) is 1. The lowest BCUT2D eigenvalue weighted by Crippen LogP contribution is -2.16. The predicted molar refractivity (Wildman–Crippen MR) is 114 cm³/mol. The van der Waals surface area contributed by atoms with Gasteiger partial charge in [0.05, 0.1) is 20.0 Å². The molecule has 0 bridgehead atoms. The van der Waals surface area contributed by atoms with Gasteiger partial charge in [-0.1, -0.05) is 32.0 Å². The predicted octanol–water partition coefficient (Wildman–Crippen LogP) is 5.40. The Bertz CT molecular complexity index is 776. The number of hydrogen-bond donors (Lipinski definition) is 1. The molecule has 2 aromatic rings. The van der Waals surface area contributed by atoms with E-state index in [0.717, 1.165) is 34.7 Å². The summed E-state index contributed by atoms with van der Waals surface area (Å²) >= 11 is 1.59. The highest BCUT2D eigenvalue weighted by atomic mass is 32.2. The van der Waals surface area contributed by atoms with E-state index in [0.29, 0.717) is 17.4 Å². The highest BCUT2D eigenvalue weighted by molar-refractivity contribution is 7.99. The van der Waals surface area contributed by atoms with Gasteiger partial charge in [-0.3, -0.25) is 4.79 Å². The average molecular weight is 388 g/mol. The molecular formula is C22H29NO3S. The van der Waals surface area contributed by atoms with Gasteiger partial charge in [0.25, 0.3) is 0 Å². The van der Waals surface area contributed by atoms with Gasteiger partial charge in [0.15, 0.2) is 11.5 Å². The van der Waals surface area contributed by atoms with Crippen molar-refractivity contribution < 1.29 is 14.3 Å². The number of anilines is 1. The smallest absolute Gasteiger partial charge is 0.234 e. The second-order valence-electron chi connectivity index (χ2n) is 6.57. The van der Waals surface area contributed by atoms with E-state index in [1.54, 1.807) is 26.0 Å². The molecular weight excluding hydrogens is 358 g/mol. The molecule has 2 rings (SSSR count). The van der Waals surface area contributed by atoms with Crippen molar-refractivity contribution in [2.75, 3.05) is 25.3 Å². The van der Waals surface area contributed by atoms with E-state index in [-0.39, 0.29) is 5.91 Å². The number of carbonyl (C=O) groups is 1. The topological polar surface area (TPSA) is 47.6 Å². The molecule has 27 heavy (non-hydrogen) atoms. The monoisotopic (exact) mass is 387 g/mol. The first-order valence-electron chi connectivity index (χ1n) is 9.18. The van der Waals surface area contributed by atoms with Crippen molar-refractivity contribution in [3.05, 3.63) is 53.1 Å². The zero-order valence-corrected chi connectivity index (χ0v) is 17.6.